The van der Waals surface area contributed by atoms with Gasteiger partial charge < -0.3 is 19.9 Å². The molecular formula is C14H18N4O2. The highest BCUT2D eigenvalue weighted by Crippen LogP contribution is 2.17. The molecule has 20 heavy (non-hydrogen) atoms. The summed E-state index contributed by atoms with van der Waals surface area (Å²) in [7, 11) is 0. The lowest BCUT2D eigenvalue weighted by Crippen LogP contribution is -2.46. The topological polar surface area (TPSA) is 70.2 Å². The van der Waals surface area contributed by atoms with Gasteiger partial charge in [0.15, 0.2) is 0 Å². The van der Waals surface area contributed by atoms with E-state index in [-0.39, 0.29) is 5.91 Å². The van der Waals surface area contributed by atoms with E-state index >= 15 is 0 Å². The minimum atomic E-state index is 0.161. The van der Waals surface area contributed by atoms with E-state index < -0.39 is 0 Å². The lowest BCUT2D eigenvalue weighted by Gasteiger charge is -2.27. The van der Waals surface area contributed by atoms with Crippen LogP contribution in [0.3, 0.4) is 0 Å². The molecule has 1 aromatic carbocycles. The molecule has 2 heterocycles. The summed E-state index contributed by atoms with van der Waals surface area (Å²) in [5.41, 5.74) is 1.85. The van der Waals surface area contributed by atoms with E-state index in [1.165, 1.54) is 0 Å². The Balaban J connectivity index is 1.50. The molecule has 3 rings (SSSR count). The van der Waals surface area contributed by atoms with Gasteiger partial charge in [-0.15, -0.1) is 0 Å². The Kier molecular flexibility index (Phi) is 3.83. The third-order valence-corrected chi connectivity index (χ3v) is 3.45. The highest BCUT2D eigenvalue weighted by Gasteiger charge is 2.15. The average Bonchev–Trinajstić information content (AvgIpc) is 2.95. The minimum absolute atomic E-state index is 0.161. The van der Waals surface area contributed by atoms with Gasteiger partial charge in [0.2, 0.25) is 5.91 Å². The van der Waals surface area contributed by atoms with Crippen LogP contribution in [0, 0.1) is 0 Å². The van der Waals surface area contributed by atoms with Crippen molar-refractivity contribution in [3.63, 3.8) is 0 Å². The van der Waals surface area contributed by atoms with Gasteiger partial charge in [-0.1, -0.05) is 0 Å². The molecule has 1 fully saturated rings. The fraction of sp³-hybridized carbons (Fsp3) is 0.429. The third kappa shape index (κ3) is 2.91. The lowest BCUT2D eigenvalue weighted by atomic mass is 10.3. The summed E-state index contributed by atoms with van der Waals surface area (Å²) >= 11 is 0. The number of ether oxygens (including phenoxy) is 1. The maximum absolute atomic E-state index is 12.0. The maximum Gasteiger partial charge on any atom is 0.226 e. The molecule has 2 N–H and O–H groups in total. The molecule has 1 amide bonds. The first-order chi connectivity index (χ1) is 9.83. The fourth-order valence-electron chi connectivity index (χ4n) is 2.33. The van der Waals surface area contributed by atoms with Crippen molar-refractivity contribution in [1.29, 1.82) is 0 Å². The number of rotatable bonds is 4. The first-order valence-electron chi connectivity index (χ1n) is 6.87. The number of H-pyrrole nitrogens is 1. The first-order valence-corrected chi connectivity index (χ1v) is 6.87. The Morgan fingerprint density at radius 2 is 2.20 bits per heavy atom. The number of carbonyl (C=O) groups is 1. The van der Waals surface area contributed by atoms with Gasteiger partial charge in [-0.05, 0) is 12.1 Å². The number of nitrogens with zero attached hydrogens (tertiary/aromatic N) is 2. The quantitative estimate of drug-likeness (QED) is 0.863. The van der Waals surface area contributed by atoms with E-state index in [0.29, 0.717) is 13.0 Å². The number of carbonyl (C=O) groups excluding carboxylic acids is 1. The first kappa shape index (κ1) is 12.9. The van der Waals surface area contributed by atoms with Crippen LogP contribution in [0.15, 0.2) is 24.5 Å². The number of hydrogen-bond donors (Lipinski definition) is 2. The van der Waals surface area contributed by atoms with E-state index in [1.807, 2.05) is 23.1 Å². The molecule has 1 saturated heterocycles. The van der Waals surface area contributed by atoms with Gasteiger partial charge in [0, 0.05) is 32.2 Å². The Labute approximate surface area is 117 Å². The predicted molar refractivity (Wildman–Crippen MR) is 75.7 cm³/mol. The zero-order chi connectivity index (χ0) is 13.8. The number of piperazine rings is 1. The molecule has 0 atom stereocenters. The van der Waals surface area contributed by atoms with Crippen molar-refractivity contribution in [2.45, 2.75) is 6.42 Å². The molecule has 1 aliphatic rings. The van der Waals surface area contributed by atoms with E-state index in [2.05, 4.69) is 15.3 Å². The number of hydrogen-bond acceptors (Lipinski definition) is 4. The highest BCUT2D eigenvalue weighted by molar-refractivity contribution is 5.77. The standard InChI is InChI=1S/C14H18N4O2/c19-14(18-6-4-15-5-7-18)3-8-20-11-1-2-12-13(9-11)17-10-16-12/h1-2,9-10,15H,3-8H2,(H,16,17). The summed E-state index contributed by atoms with van der Waals surface area (Å²) in [5.74, 6) is 0.920. The fourth-order valence-corrected chi connectivity index (χ4v) is 2.33. The van der Waals surface area contributed by atoms with Gasteiger partial charge in [-0.2, -0.15) is 0 Å². The second kappa shape index (κ2) is 5.92. The van der Waals surface area contributed by atoms with Crippen molar-refractivity contribution in [3.8, 4) is 5.75 Å². The van der Waals surface area contributed by atoms with Gasteiger partial charge in [0.05, 0.1) is 30.4 Å². The van der Waals surface area contributed by atoms with Crippen LogP contribution in [0.2, 0.25) is 0 Å². The van der Waals surface area contributed by atoms with E-state index in [4.69, 9.17) is 4.74 Å². The summed E-state index contributed by atoms with van der Waals surface area (Å²) in [6.07, 6.45) is 2.07. The molecule has 0 unspecified atom stereocenters. The zero-order valence-corrected chi connectivity index (χ0v) is 11.3. The SMILES string of the molecule is O=C(CCOc1ccc2nc[nH]c2c1)N1CCNCC1. The normalized spacial score (nSPS) is 15.5. The van der Waals surface area contributed by atoms with Crippen LogP contribution in [0.4, 0.5) is 0 Å². The second-order valence-electron chi connectivity index (χ2n) is 4.81. The number of imidazole rings is 1. The second-order valence-corrected chi connectivity index (χ2v) is 4.81. The third-order valence-electron chi connectivity index (χ3n) is 3.45. The molecule has 6 heteroatoms. The van der Waals surface area contributed by atoms with Crippen LogP contribution in [-0.4, -0.2) is 53.6 Å². The van der Waals surface area contributed by atoms with E-state index in [0.717, 1.165) is 43.0 Å². The molecule has 0 saturated carbocycles. The number of fused-ring (bicyclic) bond motifs is 1. The summed E-state index contributed by atoms with van der Waals surface area (Å²) in [4.78, 5) is 21.0. The monoisotopic (exact) mass is 274 g/mol. The molecule has 6 nitrogen and oxygen atoms in total. The molecule has 0 aliphatic carbocycles. The Hall–Kier alpha value is -2.08. The van der Waals surface area contributed by atoms with Crippen molar-refractivity contribution in [2.24, 2.45) is 0 Å². The van der Waals surface area contributed by atoms with Crippen LogP contribution in [0.25, 0.3) is 11.0 Å². The summed E-state index contributed by atoms with van der Waals surface area (Å²) in [6, 6.07) is 5.68. The number of amides is 1. The van der Waals surface area contributed by atoms with Gasteiger partial charge in [-0.25, -0.2) is 4.98 Å². The highest BCUT2D eigenvalue weighted by atomic mass is 16.5. The van der Waals surface area contributed by atoms with Gasteiger partial charge >= 0.3 is 0 Å². The molecule has 2 aromatic rings. The Bertz CT molecular complexity index is 590. The van der Waals surface area contributed by atoms with Gasteiger partial charge in [-0.3, -0.25) is 4.79 Å². The van der Waals surface area contributed by atoms with Gasteiger partial charge in [0.1, 0.15) is 5.75 Å². The smallest absolute Gasteiger partial charge is 0.226 e. The maximum atomic E-state index is 12.0. The molecule has 0 bridgehead atoms. The van der Waals surface area contributed by atoms with Crippen molar-refractivity contribution >= 4 is 16.9 Å². The largest absolute Gasteiger partial charge is 0.493 e. The van der Waals surface area contributed by atoms with Crippen molar-refractivity contribution in [2.75, 3.05) is 32.8 Å². The van der Waals surface area contributed by atoms with Crippen LogP contribution in [0.1, 0.15) is 6.42 Å². The van der Waals surface area contributed by atoms with Crippen molar-refractivity contribution in [3.05, 3.63) is 24.5 Å². The predicted octanol–water partition coefficient (Wildman–Crippen LogP) is 0.764. The molecular weight excluding hydrogens is 256 g/mol. The summed E-state index contributed by atoms with van der Waals surface area (Å²) in [6.45, 7) is 3.74. The van der Waals surface area contributed by atoms with Gasteiger partial charge in [0.25, 0.3) is 0 Å². The molecule has 1 aromatic heterocycles. The van der Waals surface area contributed by atoms with Crippen molar-refractivity contribution < 1.29 is 9.53 Å². The molecule has 0 radical (unpaired) electrons. The lowest BCUT2D eigenvalue weighted by molar-refractivity contribution is -0.132. The molecule has 0 spiro atoms. The zero-order valence-electron chi connectivity index (χ0n) is 11.3. The molecule has 106 valence electrons. The minimum Gasteiger partial charge on any atom is -0.493 e. The number of aromatic amines is 1. The number of aromatic nitrogens is 2. The Morgan fingerprint density at radius 1 is 1.35 bits per heavy atom. The number of nitrogens with one attached hydrogen (secondary N) is 2. The average molecular weight is 274 g/mol. The van der Waals surface area contributed by atoms with E-state index in [9.17, 15) is 4.79 Å². The molecule has 1 aliphatic heterocycles. The van der Waals surface area contributed by atoms with Crippen LogP contribution in [-0.2, 0) is 4.79 Å². The van der Waals surface area contributed by atoms with Crippen molar-refractivity contribution in [1.82, 2.24) is 20.2 Å². The summed E-state index contributed by atoms with van der Waals surface area (Å²) < 4.78 is 5.63. The Morgan fingerprint density at radius 3 is 3.05 bits per heavy atom. The van der Waals surface area contributed by atoms with Crippen LogP contribution in [0.5, 0.6) is 5.75 Å². The summed E-state index contributed by atoms with van der Waals surface area (Å²) in [5, 5.41) is 3.23. The van der Waals surface area contributed by atoms with Crippen LogP contribution >= 0.6 is 0 Å². The van der Waals surface area contributed by atoms with E-state index in [1.54, 1.807) is 6.33 Å². The number of benzene rings is 1. The van der Waals surface area contributed by atoms with Crippen LogP contribution < -0.4 is 10.1 Å².